The molecule has 1 unspecified atom stereocenters. The van der Waals surface area contributed by atoms with Gasteiger partial charge in [-0.2, -0.15) is 5.26 Å². The number of piperidine rings is 1. The van der Waals surface area contributed by atoms with Crippen LogP contribution < -0.4 is 4.90 Å². The van der Waals surface area contributed by atoms with E-state index in [1.54, 1.807) is 12.3 Å². The Kier molecular flexibility index (Phi) is 3.78. The Labute approximate surface area is 106 Å². The molecule has 0 bridgehead atoms. The normalized spacial score (nSPS) is 19.1. The number of rotatable bonds is 2. The molecular weight excluding hydrogens is 230 g/mol. The van der Waals surface area contributed by atoms with Crippen LogP contribution >= 0.6 is 0 Å². The van der Waals surface area contributed by atoms with Crippen LogP contribution in [0.5, 0.6) is 0 Å². The molecule has 0 aromatic carbocycles. The molecule has 18 heavy (non-hydrogen) atoms. The van der Waals surface area contributed by atoms with E-state index >= 15 is 0 Å². The average molecular weight is 245 g/mol. The van der Waals surface area contributed by atoms with Crippen molar-refractivity contribution in [1.82, 2.24) is 4.98 Å². The zero-order chi connectivity index (χ0) is 13.0. The summed E-state index contributed by atoms with van der Waals surface area (Å²) in [5.41, 5.74) is 1.35. The van der Waals surface area contributed by atoms with Gasteiger partial charge in [0.2, 0.25) is 0 Å². The summed E-state index contributed by atoms with van der Waals surface area (Å²) in [5.74, 6) is -0.222. The van der Waals surface area contributed by atoms with Gasteiger partial charge in [0, 0.05) is 13.1 Å². The van der Waals surface area contributed by atoms with Crippen LogP contribution in [-0.2, 0) is 9.53 Å². The van der Waals surface area contributed by atoms with Gasteiger partial charge in [-0.15, -0.1) is 0 Å². The Balaban J connectivity index is 2.08. The van der Waals surface area contributed by atoms with E-state index in [-0.39, 0.29) is 11.9 Å². The second-order valence-electron chi connectivity index (χ2n) is 4.32. The second-order valence-corrected chi connectivity index (χ2v) is 4.32. The highest BCUT2D eigenvalue weighted by molar-refractivity contribution is 5.73. The first kappa shape index (κ1) is 12.4. The molecule has 2 rings (SSSR count). The molecule has 1 fully saturated rings. The van der Waals surface area contributed by atoms with Gasteiger partial charge in [0.1, 0.15) is 11.8 Å². The number of carbonyl (C=O) groups is 1. The number of nitriles is 1. The summed E-state index contributed by atoms with van der Waals surface area (Å²) >= 11 is 0. The maximum Gasteiger partial charge on any atom is 0.310 e. The van der Waals surface area contributed by atoms with Crippen LogP contribution in [0, 0.1) is 17.2 Å². The summed E-state index contributed by atoms with van der Waals surface area (Å²) in [7, 11) is 1.42. The first-order valence-corrected chi connectivity index (χ1v) is 5.93. The van der Waals surface area contributed by atoms with Crippen molar-refractivity contribution in [3.05, 3.63) is 24.0 Å². The minimum atomic E-state index is -0.152. The van der Waals surface area contributed by atoms with Crippen molar-refractivity contribution in [2.24, 2.45) is 5.92 Å². The van der Waals surface area contributed by atoms with Gasteiger partial charge < -0.3 is 9.64 Å². The highest BCUT2D eigenvalue weighted by Gasteiger charge is 2.26. The summed E-state index contributed by atoms with van der Waals surface area (Å²) in [6.45, 7) is 1.56. The number of hydrogen-bond donors (Lipinski definition) is 0. The molecule has 1 aliphatic heterocycles. The third-order valence-electron chi connectivity index (χ3n) is 3.18. The van der Waals surface area contributed by atoms with Crippen LogP contribution in [0.4, 0.5) is 5.69 Å². The molecule has 94 valence electrons. The molecule has 1 aromatic rings. The molecule has 5 nitrogen and oxygen atoms in total. The number of aromatic nitrogens is 1. The number of anilines is 1. The molecule has 0 N–H and O–H groups in total. The van der Waals surface area contributed by atoms with Crippen LogP contribution in [0.25, 0.3) is 0 Å². The maximum atomic E-state index is 11.5. The van der Waals surface area contributed by atoms with E-state index in [0.717, 1.165) is 25.1 Å². The van der Waals surface area contributed by atoms with Crippen molar-refractivity contribution in [2.45, 2.75) is 12.8 Å². The molecule has 1 atom stereocenters. The predicted octanol–water partition coefficient (Wildman–Crippen LogP) is 1.34. The van der Waals surface area contributed by atoms with Crippen LogP contribution in [0.1, 0.15) is 18.5 Å². The summed E-state index contributed by atoms with van der Waals surface area (Å²) in [6, 6.07) is 5.55. The van der Waals surface area contributed by atoms with Crippen molar-refractivity contribution in [3.8, 4) is 6.07 Å². The Morgan fingerprint density at radius 3 is 3.06 bits per heavy atom. The van der Waals surface area contributed by atoms with Gasteiger partial charge in [0.25, 0.3) is 0 Å². The Bertz CT molecular complexity index is 464. The summed E-state index contributed by atoms with van der Waals surface area (Å²) in [4.78, 5) is 17.7. The molecule has 0 aliphatic carbocycles. The number of methoxy groups -OCH3 is 1. The van der Waals surface area contributed by atoms with Crippen LogP contribution in [0.3, 0.4) is 0 Å². The van der Waals surface area contributed by atoms with E-state index in [2.05, 4.69) is 9.88 Å². The number of carbonyl (C=O) groups excluding carboxylic acids is 1. The quantitative estimate of drug-likeness (QED) is 0.736. The summed E-state index contributed by atoms with van der Waals surface area (Å²) < 4.78 is 4.79. The van der Waals surface area contributed by atoms with E-state index < -0.39 is 0 Å². The average Bonchev–Trinajstić information content (AvgIpc) is 2.46. The fraction of sp³-hybridized carbons (Fsp3) is 0.462. The first-order valence-electron chi connectivity index (χ1n) is 5.93. The third kappa shape index (κ3) is 2.59. The van der Waals surface area contributed by atoms with Gasteiger partial charge in [0.15, 0.2) is 0 Å². The van der Waals surface area contributed by atoms with Crippen LogP contribution in [0.15, 0.2) is 18.3 Å². The molecule has 1 aliphatic rings. The molecule has 5 heteroatoms. The van der Waals surface area contributed by atoms with E-state index in [1.807, 2.05) is 12.1 Å². The van der Waals surface area contributed by atoms with E-state index in [4.69, 9.17) is 10.00 Å². The Morgan fingerprint density at radius 2 is 2.44 bits per heavy atom. The van der Waals surface area contributed by atoms with Crippen LogP contribution in [-0.4, -0.2) is 31.2 Å². The maximum absolute atomic E-state index is 11.5. The summed E-state index contributed by atoms with van der Waals surface area (Å²) in [5, 5.41) is 8.70. The number of nitrogens with zero attached hydrogens (tertiary/aromatic N) is 3. The fourth-order valence-corrected chi connectivity index (χ4v) is 2.21. The lowest BCUT2D eigenvalue weighted by Crippen LogP contribution is -2.39. The summed E-state index contributed by atoms with van der Waals surface area (Å²) in [6.07, 6.45) is 3.50. The van der Waals surface area contributed by atoms with Crippen LogP contribution in [0.2, 0.25) is 0 Å². The van der Waals surface area contributed by atoms with Crippen molar-refractivity contribution in [1.29, 1.82) is 5.26 Å². The number of esters is 1. The topological polar surface area (TPSA) is 66.2 Å². The van der Waals surface area contributed by atoms with Gasteiger partial charge >= 0.3 is 5.97 Å². The number of pyridine rings is 1. The minimum Gasteiger partial charge on any atom is -0.469 e. The molecule has 0 amide bonds. The molecule has 2 heterocycles. The fourth-order valence-electron chi connectivity index (χ4n) is 2.21. The van der Waals surface area contributed by atoms with Gasteiger partial charge in [-0.05, 0) is 25.0 Å². The standard InChI is InChI=1S/C13H15N3O2/c1-18-13(17)10-3-2-6-16(9-10)12-5-4-11(7-14)15-8-12/h4-5,8,10H,2-3,6,9H2,1H3. The molecule has 1 saturated heterocycles. The van der Waals surface area contributed by atoms with E-state index in [0.29, 0.717) is 12.2 Å². The Hall–Kier alpha value is -2.09. The highest BCUT2D eigenvalue weighted by Crippen LogP contribution is 2.23. The van der Waals surface area contributed by atoms with E-state index in [9.17, 15) is 4.79 Å². The predicted molar refractivity (Wildman–Crippen MR) is 65.9 cm³/mol. The number of ether oxygens (including phenoxy) is 1. The third-order valence-corrected chi connectivity index (χ3v) is 3.18. The van der Waals surface area contributed by atoms with E-state index in [1.165, 1.54) is 7.11 Å². The molecule has 0 saturated carbocycles. The highest BCUT2D eigenvalue weighted by atomic mass is 16.5. The monoisotopic (exact) mass is 245 g/mol. The van der Waals surface area contributed by atoms with Gasteiger partial charge in [-0.25, -0.2) is 4.98 Å². The minimum absolute atomic E-state index is 0.0700. The van der Waals surface area contributed by atoms with Gasteiger partial charge in [-0.1, -0.05) is 0 Å². The van der Waals surface area contributed by atoms with Gasteiger partial charge in [-0.3, -0.25) is 4.79 Å². The smallest absolute Gasteiger partial charge is 0.310 e. The lowest BCUT2D eigenvalue weighted by atomic mass is 9.98. The molecule has 1 aromatic heterocycles. The van der Waals surface area contributed by atoms with Crippen molar-refractivity contribution >= 4 is 11.7 Å². The molecule has 0 radical (unpaired) electrons. The lowest BCUT2D eigenvalue weighted by Gasteiger charge is -2.32. The van der Waals surface area contributed by atoms with Crippen molar-refractivity contribution in [3.63, 3.8) is 0 Å². The molecule has 0 spiro atoms. The Morgan fingerprint density at radius 1 is 1.61 bits per heavy atom. The van der Waals surface area contributed by atoms with Crippen molar-refractivity contribution in [2.75, 3.05) is 25.1 Å². The second kappa shape index (κ2) is 5.50. The SMILES string of the molecule is COC(=O)C1CCCN(c2ccc(C#N)nc2)C1. The first-order chi connectivity index (χ1) is 8.74. The number of hydrogen-bond acceptors (Lipinski definition) is 5. The van der Waals surface area contributed by atoms with Gasteiger partial charge in [0.05, 0.1) is 24.9 Å². The zero-order valence-electron chi connectivity index (χ0n) is 10.3. The van der Waals surface area contributed by atoms with Crippen molar-refractivity contribution < 1.29 is 9.53 Å². The molecular formula is C13H15N3O2. The largest absolute Gasteiger partial charge is 0.469 e. The lowest BCUT2D eigenvalue weighted by molar-refractivity contribution is -0.145. The zero-order valence-corrected chi connectivity index (χ0v) is 10.3.